The van der Waals surface area contributed by atoms with Gasteiger partial charge in [-0.25, -0.2) is 4.79 Å². The van der Waals surface area contributed by atoms with E-state index in [-0.39, 0.29) is 5.76 Å². The maximum Gasteiger partial charge on any atom is 0.337 e. The molecule has 1 aromatic heterocycles. The van der Waals surface area contributed by atoms with Crippen LogP contribution in [0.3, 0.4) is 0 Å². The first-order valence-electron chi connectivity index (χ1n) is 7.42. The Hall–Kier alpha value is -3.05. The van der Waals surface area contributed by atoms with E-state index in [2.05, 4.69) is 10.1 Å². The fraction of sp³-hybridized carbons (Fsp3) is 0.0526. The molecule has 0 aliphatic rings. The molecule has 3 aromatic rings. The van der Waals surface area contributed by atoms with E-state index >= 15 is 0 Å². The smallest absolute Gasteiger partial charge is 0.337 e. The van der Waals surface area contributed by atoms with Crippen molar-refractivity contribution in [2.45, 2.75) is 0 Å². The quantitative estimate of drug-likeness (QED) is 0.692. The van der Waals surface area contributed by atoms with Gasteiger partial charge in [-0.15, -0.1) is 0 Å². The summed E-state index contributed by atoms with van der Waals surface area (Å²) in [6.07, 6.45) is 0. The molecule has 2 aromatic carbocycles. The number of nitrogens with one attached hydrogen (secondary N) is 1. The molecule has 6 heteroatoms. The van der Waals surface area contributed by atoms with Crippen LogP contribution in [0, 0.1) is 0 Å². The Morgan fingerprint density at radius 3 is 2.52 bits per heavy atom. The SMILES string of the molecule is COC(=O)c1cccc(NC(=O)c2ccc(-c3ccc(Cl)cc3)o2)c1. The molecule has 0 fully saturated rings. The average molecular weight is 356 g/mol. The van der Waals surface area contributed by atoms with Crippen LogP contribution in [0.15, 0.2) is 65.1 Å². The lowest BCUT2D eigenvalue weighted by molar-refractivity contribution is 0.0600. The molecule has 25 heavy (non-hydrogen) atoms. The second-order valence-electron chi connectivity index (χ2n) is 5.20. The van der Waals surface area contributed by atoms with E-state index < -0.39 is 11.9 Å². The van der Waals surface area contributed by atoms with Crippen molar-refractivity contribution in [3.05, 3.63) is 77.0 Å². The van der Waals surface area contributed by atoms with Crippen LogP contribution in [0.2, 0.25) is 5.02 Å². The van der Waals surface area contributed by atoms with Gasteiger partial charge in [-0.1, -0.05) is 17.7 Å². The lowest BCUT2D eigenvalue weighted by Gasteiger charge is -2.05. The number of furan rings is 1. The summed E-state index contributed by atoms with van der Waals surface area (Å²) in [5.74, 6) is -0.167. The van der Waals surface area contributed by atoms with Crippen LogP contribution in [0.5, 0.6) is 0 Å². The second kappa shape index (κ2) is 7.23. The van der Waals surface area contributed by atoms with Crippen molar-refractivity contribution < 1.29 is 18.7 Å². The first-order chi connectivity index (χ1) is 12.1. The summed E-state index contributed by atoms with van der Waals surface area (Å²) >= 11 is 5.86. The molecule has 0 saturated carbocycles. The zero-order valence-electron chi connectivity index (χ0n) is 13.3. The van der Waals surface area contributed by atoms with Gasteiger partial charge in [0.15, 0.2) is 5.76 Å². The van der Waals surface area contributed by atoms with Crippen LogP contribution in [0.1, 0.15) is 20.9 Å². The monoisotopic (exact) mass is 355 g/mol. The molecule has 0 aliphatic carbocycles. The Labute approximate surface area is 149 Å². The van der Waals surface area contributed by atoms with E-state index in [1.165, 1.54) is 13.2 Å². The summed E-state index contributed by atoms with van der Waals surface area (Å²) in [5.41, 5.74) is 1.63. The number of anilines is 1. The highest BCUT2D eigenvalue weighted by molar-refractivity contribution is 6.30. The molecule has 0 saturated heterocycles. The lowest BCUT2D eigenvalue weighted by atomic mass is 10.2. The molecule has 0 spiro atoms. The van der Waals surface area contributed by atoms with E-state index in [1.807, 2.05) is 12.1 Å². The molecule has 1 N–H and O–H groups in total. The van der Waals surface area contributed by atoms with Crippen molar-refractivity contribution in [2.75, 3.05) is 12.4 Å². The second-order valence-corrected chi connectivity index (χ2v) is 5.63. The normalized spacial score (nSPS) is 10.3. The van der Waals surface area contributed by atoms with E-state index in [4.69, 9.17) is 16.0 Å². The Morgan fingerprint density at radius 2 is 1.80 bits per heavy atom. The third kappa shape index (κ3) is 3.89. The number of halogens is 1. The number of benzene rings is 2. The maximum atomic E-state index is 12.3. The summed E-state index contributed by atoms with van der Waals surface area (Å²) in [6, 6.07) is 16.9. The molecular formula is C19H14ClNO4. The predicted molar refractivity (Wildman–Crippen MR) is 94.9 cm³/mol. The van der Waals surface area contributed by atoms with E-state index in [0.29, 0.717) is 22.0 Å². The molecule has 1 amide bonds. The molecule has 0 radical (unpaired) electrons. The summed E-state index contributed by atoms with van der Waals surface area (Å²) in [4.78, 5) is 23.9. The number of hydrogen-bond donors (Lipinski definition) is 1. The van der Waals surface area contributed by atoms with Gasteiger partial charge in [0, 0.05) is 16.3 Å². The Kier molecular flexibility index (Phi) is 4.86. The van der Waals surface area contributed by atoms with E-state index in [9.17, 15) is 9.59 Å². The zero-order valence-corrected chi connectivity index (χ0v) is 14.0. The third-order valence-electron chi connectivity index (χ3n) is 3.50. The minimum Gasteiger partial charge on any atom is -0.465 e. The van der Waals surface area contributed by atoms with Crippen LogP contribution < -0.4 is 5.32 Å². The van der Waals surface area contributed by atoms with E-state index in [0.717, 1.165) is 5.56 Å². The van der Waals surface area contributed by atoms with Crippen molar-refractivity contribution >= 4 is 29.2 Å². The number of ether oxygens (including phenoxy) is 1. The van der Waals surface area contributed by atoms with Crippen LogP contribution in [0.25, 0.3) is 11.3 Å². The number of methoxy groups -OCH3 is 1. The molecular weight excluding hydrogens is 342 g/mol. The number of hydrogen-bond acceptors (Lipinski definition) is 4. The number of amides is 1. The first kappa shape index (κ1) is 16.8. The molecule has 0 unspecified atom stereocenters. The van der Waals surface area contributed by atoms with Crippen molar-refractivity contribution in [1.29, 1.82) is 0 Å². The average Bonchev–Trinajstić information content (AvgIpc) is 3.12. The lowest BCUT2D eigenvalue weighted by Crippen LogP contribution is -2.11. The molecule has 0 aliphatic heterocycles. The maximum absolute atomic E-state index is 12.3. The Morgan fingerprint density at radius 1 is 1.04 bits per heavy atom. The van der Waals surface area contributed by atoms with Gasteiger partial charge in [0.2, 0.25) is 0 Å². The molecule has 1 heterocycles. The fourth-order valence-electron chi connectivity index (χ4n) is 2.26. The minimum absolute atomic E-state index is 0.161. The highest BCUT2D eigenvalue weighted by atomic mass is 35.5. The van der Waals surface area contributed by atoms with Gasteiger partial charge >= 0.3 is 5.97 Å². The van der Waals surface area contributed by atoms with Gasteiger partial charge in [0.1, 0.15) is 5.76 Å². The Bertz CT molecular complexity index is 915. The predicted octanol–water partition coefficient (Wildman–Crippen LogP) is 4.64. The van der Waals surface area contributed by atoms with Gasteiger partial charge < -0.3 is 14.5 Å². The van der Waals surface area contributed by atoms with Crippen molar-refractivity contribution in [3.8, 4) is 11.3 Å². The van der Waals surface area contributed by atoms with Gasteiger partial charge in [0.25, 0.3) is 5.91 Å². The number of carbonyl (C=O) groups excluding carboxylic acids is 2. The molecule has 5 nitrogen and oxygen atoms in total. The van der Waals surface area contributed by atoms with E-state index in [1.54, 1.807) is 42.5 Å². The standard InChI is InChI=1S/C19H14ClNO4/c1-24-19(23)13-3-2-4-15(11-13)21-18(22)17-10-9-16(25-17)12-5-7-14(20)8-6-12/h2-11H,1H3,(H,21,22). The van der Waals surface area contributed by atoms with Crippen molar-refractivity contribution in [1.82, 2.24) is 0 Å². The molecule has 3 rings (SSSR count). The summed E-state index contributed by atoms with van der Waals surface area (Å²) < 4.78 is 10.3. The number of carbonyl (C=O) groups is 2. The summed E-state index contributed by atoms with van der Waals surface area (Å²) in [5, 5.41) is 3.31. The third-order valence-corrected chi connectivity index (χ3v) is 3.75. The fourth-order valence-corrected chi connectivity index (χ4v) is 2.39. The van der Waals surface area contributed by atoms with Gasteiger partial charge in [0.05, 0.1) is 12.7 Å². The minimum atomic E-state index is -0.473. The summed E-state index contributed by atoms with van der Waals surface area (Å²) in [7, 11) is 1.30. The Balaban J connectivity index is 1.76. The van der Waals surface area contributed by atoms with Crippen LogP contribution in [0.4, 0.5) is 5.69 Å². The largest absolute Gasteiger partial charge is 0.465 e. The first-order valence-corrected chi connectivity index (χ1v) is 7.80. The highest BCUT2D eigenvalue weighted by Crippen LogP contribution is 2.24. The van der Waals surface area contributed by atoms with Crippen LogP contribution >= 0.6 is 11.6 Å². The zero-order chi connectivity index (χ0) is 17.8. The van der Waals surface area contributed by atoms with Gasteiger partial charge in [-0.2, -0.15) is 0 Å². The van der Waals surface area contributed by atoms with Crippen LogP contribution in [-0.4, -0.2) is 19.0 Å². The molecule has 0 atom stereocenters. The highest BCUT2D eigenvalue weighted by Gasteiger charge is 2.14. The van der Waals surface area contributed by atoms with Crippen LogP contribution in [-0.2, 0) is 4.74 Å². The van der Waals surface area contributed by atoms with Gasteiger partial charge in [-0.05, 0) is 54.6 Å². The molecule has 0 bridgehead atoms. The van der Waals surface area contributed by atoms with Crippen molar-refractivity contribution in [2.24, 2.45) is 0 Å². The van der Waals surface area contributed by atoms with Gasteiger partial charge in [-0.3, -0.25) is 4.79 Å². The number of esters is 1. The summed E-state index contributed by atoms with van der Waals surface area (Å²) in [6.45, 7) is 0. The topological polar surface area (TPSA) is 68.5 Å². The van der Waals surface area contributed by atoms with Crippen molar-refractivity contribution in [3.63, 3.8) is 0 Å². The molecule has 126 valence electrons. The number of rotatable bonds is 4.